The van der Waals surface area contributed by atoms with Crippen molar-refractivity contribution in [2.75, 3.05) is 34.2 Å². The Morgan fingerprint density at radius 3 is 2.38 bits per heavy atom. The number of likely N-dealkylation sites (N-methyl/N-ethyl adjacent to an activating group) is 2. The second-order valence-electron chi connectivity index (χ2n) is 4.63. The van der Waals surface area contributed by atoms with Crippen LogP contribution >= 0.6 is 0 Å². The van der Waals surface area contributed by atoms with E-state index in [-0.39, 0.29) is 11.6 Å². The van der Waals surface area contributed by atoms with Crippen molar-refractivity contribution in [3.8, 4) is 0 Å². The zero-order chi connectivity index (χ0) is 10.1. The molecule has 2 unspecified atom stereocenters. The quantitative estimate of drug-likeness (QED) is 0.674. The van der Waals surface area contributed by atoms with Crippen LogP contribution in [-0.4, -0.2) is 55.6 Å². The Labute approximate surface area is 81.9 Å². The molecule has 0 aromatic rings. The van der Waals surface area contributed by atoms with Crippen LogP contribution in [0.5, 0.6) is 0 Å². The number of hydrogen-bond acceptors (Lipinski definition) is 3. The SMILES string of the molecule is CC(N)C1(N(C)C)CCCN(C)C1. The summed E-state index contributed by atoms with van der Waals surface area (Å²) >= 11 is 0. The van der Waals surface area contributed by atoms with Crippen molar-refractivity contribution in [3.63, 3.8) is 0 Å². The smallest absolute Gasteiger partial charge is 0.0479 e. The van der Waals surface area contributed by atoms with Crippen LogP contribution in [-0.2, 0) is 0 Å². The van der Waals surface area contributed by atoms with Crippen LogP contribution in [0, 0.1) is 0 Å². The lowest BCUT2D eigenvalue weighted by Crippen LogP contribution is -2.63. The Morgan fingerprint density at radius 1 is 1.46 bits per heavy atom. The maximum Gasteiger partial charge on any atom is 0.0479 e. The van der Waals surface area contributed by atoms with Gasteiger partial charge in [0.25, 0.3) is 0 Å². The van der Waals surface area contributed by atoms with Crippen LogP contribution in [0.15, 0.2) is 0 Å². The first kappa shape index (κ1) is 11.0. The van der Waals surface area contributed by atoms with Gasteiger partial charge in [0, 0.05) is 18.1 Å². The Kier molecular flexibility index (Phi) is 3.33. The summed E-state index contributed by atoms with van der Waals surface area (Å²) in [4.78, 5) is 4.68. The Hall–Kier alpha value is -0.120. The van der Waals surface area contributed by atoms with Gasteiger partial charge in [0.05, 0.1) is 0 Å². The molecule has 1 fully saturated rings. The van der Waals surface area contributed by atoms with Crippen molar-refractivity contribution >= 4 is 0 Å². The summed E-state index contributed by atoms with van der Waals surface area (Å²) in [6.07, 6.45) is 2.48. The van der Waals surface area contributed by atoms with Gasteiger partial charge in [0.2, 0.25) is 0 Å². The molecular weight excluding hydrogens is 162 g/mol. The Bertz CT molecular complexity index is 158. The van der Waals surface area contributed by atoms with Gasteiger partial charge in [-0.25, -0.2) is 0 Å². The van der Waals surface area contributed by atoms with Crippen LogP contribution in [0.4, 0.5) is 0 Å². The topological polar surface area (TPSA) is 32.5 Å². The molecule has 1 aliphatic heterocycles. The molecule has 78 valence electrons. The summed E-state index contributed by atoms with van der Waals surface area (Å²) in [6.45, 7) is 4.43. The summed E-state index contributed by atoms with van der Waals surface area (Å²) in [5, 5.41) is 0. The van der Waals surface area contributed by atoms with Crippen molar-refractivity contribution in [3.05, 3.63) is 0 Å². The van der Waals surface area contributed by atoms with E-state index in [0.29, 0.717) is 0 Å². The Balaban J connectivity index is 2.77. The number of likely N-dealkylation sites (tertiary alicyclic amines) is 1. The summed E-state index contributed by atoms with van der Waals surface area (Å²) in [5.41, 5.74) is 6.28. The molecule has 3 nitrogen and oxygen atoms in total. The molecule has 0 radical (unpaired) electrons. The van der Waals surface area contributed by atoms with E-state index in [9.17, 15) is 0 Å². The molecule has 2 atom stereocenters. The average molecular weight is 185 g/mol. The number of hydrogen-bond donors (Lipinski definition) is 1. The fourth-order valence-electron chi connectivity index (χ4n) is 2.42. The third-order valence-corrected chi connectivity index (χ3v) is 3.43. The highest BCUT2D eigenvalue weighted by Gasteiger charge is 2.39. The second-order valence-corrected chi connectivity index (χ2v) is 4.63. The lowest BCUT2D eigenvalue weighted by Gasteiger charge is -2.48. The van der Waals surface area contributed by atoms with Crippen LogP contribution in [0.1, 0.15) is 19.8 Å². The van der Waals surface area contributed by atoms with Gasteiger partial charge in [0.1, 0.15) is 0 Å². The predicted octanol–water partition coefficient (Wildman–Crippen LogP) is 0.360. The molecule has 2 N–H and O–H groups in total. The third-order valence-electron chi connectivity index (χ3n) is 3.43. The lowest BCUT2D eigenvalue weighted by atomic mass is 9.82. The molecule has 0 saturated carbocycles. The molecule has 1 heterocycles. The fraction of sp³-hybridized carbons (Fsp3) is 1.00. The number of nitrogens with zero attached hydrogens (tertiary/aromatic N) is 2. The first-order chi connectivity index (χ1) is 5.99. The van der Waals surface area contributed by atoms with E-state index in [4.69, 9.17) is 5.73 Å². The molecule has 0 aromatic heterocycles. The molecule has 0 amide bonds. The first-order valence-corrected chi connectivity index (χ1v) is 5.10. The average Bonchev–Trinajstić information content (AvgIpc) is 2.03. The largest absolute Gasteiger partial charge is 0.326 e. The number of piperidine rings is 1. The van der Waals surface area contributed by atoms with E-state index < -0.39 is 0 Å². The molecule has 0 bridgehead atoms. The zero-order valence-electron chi connectivity index (χ0n) is 9.38. The fourth-order valence-corrected chi connectivity index (χ4v) is 2.42. The van der Waals surface area contributed by atoms with Crippen LogP contribution in [0.2, 0.25) is 0 Å². The van der Waals surface area contributed by atoms with Gasteiger partial charge < -0.3 is 15.5 Å². The summed E-state index contributed by atoms with van der Waals surface area (Å²) in [7, 11) is 6.46. The molecular formula is C10H23N3. The maximum atomic E-state index is 6.10. The third kappa shape index (κ3) is 2.03. The zero-order valence-corrected chi connectivity index (χ0v) is 9.38. The predicted molar refractivity (Wildman–Crippen MR) is 56.8 cm³/mol. The van der Waals surface area contributed by atoms with Crippen molar-refractivity contribution in [1.82, 2.24) is 9.80 Å². The second kappa shape index (κ2) is 3.95. The van der Waals surface area contributed by atoms with Gasteiger partial charge in [-0.3, -0.25) is 0 Å². The molecule has 13 heavy (non-hydrogen) atoms. The van der Waals surface area contributed by atoms with Crippen LogP contribution < -0.4 is 5.73 Å². The molecule has 0 spiro atoms. The highest BCUT2D eigenvalue weighted by Crippen LogP contribution is 2.27. The molecule has 1 saturated heterocycles. The summed E-state index contributed by atoms with van der Waals surface area (Å²) < 4.78 is 0. The van der Waals surface area contributed by atoms with E-state index in [1.165, 1.54) is 19.4 Å². The summed E-state index contributed by atoms with van der Waals surface area (Å²) in [5.74, 6) is 0. The minimum atomic E-state index is 0.188. The number of nitrogens with two attached hydrogens (primary N) is 1. The van der Waals surface area contributed by atoms with E-state index in [1.54, 1.807) is 0 Å². The van der Waals surface area contributed by atoms with Gasteiger partial charge in [-0.15, -0.1) is 0 Å². The van der Waals surface area contributed by atoms with Gasteiger partial charge in [-0.05, 0) is 47.5 Å². The van der Waals surface area contributed by atoms with E-state index >= 15 is 0 Å². The lowest BCUT2D eigenvalue weighted by molar-refractivity contribution is 0.0392. The standard InChI is InChI=1S/C10H23N3/c1-9(11)10(12(2)3)6-5-7-13(4)8-10/h9H,5-8,11H2,1-4H3. The van der Waals surface area contributed by atoms with Gasteiger partial charge in [-0.2, -0.15) is 0 Å². The number of rotatable bonds is 2. The van der Waals surface area contributed by atoms with E-state index in [1.807, 2.05) is 0 Å². The van der Waals surface area contributed by atoms with E-state index in [0.717, 1.165) is 6.54 Å². The molecule has 0 aromatic carbocycles. The van der Waals surface area contributed by atoms with E-state index in [2.05, 4.69) is 37.9 Å². The van der Waals surface area contributed by atoms with Crippen molar-refractivity contribution < 1.29 is 0 Å². The Morgan fingerprint density at radius 2 is 2.08 bits per heavy atom. The minimum absolute atomic E-state index is 0.188. The minimum Gasteiger partial charge on any atom is -0.326 e. The highest BCUT2D eigenvalue weighted by molar-refractivity contribution is 4.99. The molecule has 0 aliphatic carbocycles. The van der Waals surface area contributed by atoms with Crippen molar-refractivity contribution in [2.45, 2.75) is 31.3 Å². The molecule has 1 rings (SSSR count). The van der Waals surface area contributed by atoms with Crippen LogP contribution in [0.3, 0.4) is 0 Å². The first-order valence-electron chi connectivity index (χ1n) is 5.10. The normalized spacial score (nSPS) is 33.7. The van der Waals surface area contributed by atoms with Crippen LogP contribution in [0.25, 0.3) is 0 Å². The monoisotopic (exact) mass is 185 g/mol. The molecule has 1 aliphatic rings. The van der Waals surface area contributed by atoms with Crippen molar-refractivity contribution in [1.29, 1.82) is 0 Å². The van der Waals surface area contributed by atoms with Gasteiger partial charge >= 0.3 is 0 Å². The molecule has 3 heteroatoms. The van der Waals surface area contributed by atoms with Gasteiger partial charge in [-0.1, -0.05) is 0 Å². The van der Waals surface area contributed by atoms with Gasteiger partial charge in [0.15, 0.2) is 0 Å². The summed E-state index contributed by atoms with van der Waals surface area (Å²) in [6, 6.07) is 0.241. The van der Waals surface area contributed by atoms with Crippen molar-refractivity contribution in [2.24, 2.45) is 5.73 Å². The highest BCUT2D eigenvalue weighted by atomic mass is 15.2. The maximum absolute atomic E-state index is 6.10.